The number of hydrogen-bond acceptors (Lipinski definition) is 2. The largest absolute Gasteiger partial charge is 0.347 e. The number of fused-ring (bicyclic) bond motifs is 1. The van der Waals surface area contributed by atoms with Crippen molar-refractivity contribution >= 4 is 6.03 Å². The second-order valence-corrected chi connectivity index (χ2v) is 3.73. The number of H-pyrrole nitrogens is 1. The summed E-state index contributed by atoms with van der Waals surface area (Å²) in [6.07, 6.45) is 3.51. The Labute approximate surface area is 88.9 Å². The monoisotopic (exact) mass is 208 g/mol. The highest BCUT2D eigenvalue weighted by atomic mass is 16.2. The Balaban J connectivity index is 1.94. The first-order chi connectivity index (χ1) is 7.31. The van der Waals surface area contributed by atoms with Gasteiger partial charge in [0.05, 0.1) is 24.3 Å². The van der Waals surface area contributed by atoms with Crippen LogP contribution in [-0.4, -0.2) is 34.0 Å². The molecule has 0 bridgehead atoms. The molecule has 1 aromatic rings. The molecular weight excluding hydrogens is 192 g/mol. The predicted molar refractivity (Wildman–Crippen MR) is 56.4 cm³/mol. The summed E-state index contributed by atoms with van der Waals surface area (Å²) in [6.45, 7) is 4.19. The molecule has 1 aromatic heterocycles. The number of carbonyl (C=O) groups is 1. The molecule has 1 aliphatic heterocycles. The summed E-state index contributed by atoms with van der Waals surface area (Å²) >= 11 is 0. The number of nitrogens with one attached hydrogen (secondary N) is 2. The van der Waals surface area contributed by atoms with Crippen LogP contribution in [0, 0.1) is 0 Å². The molecule has 0 saturated carbocycles. The van der Waals surface area contributed by atoms with Gasteiger partial charge in [-0.15, -0.1) is 0 Å². The van der Waals surface area contributed by atoms with Crippen LogP contribution < -0.4 is 5.32 Å². The molecular formula is C10H16N4O. The van der Waals surface area contributed by atoms with E-state index in [2.05, 4.69) is 15.3 Å². The Morgan fingerprint density at radius 2 is 2.60 bits per heavy atom. The quantitative estimate of drug-likeness (QED) is 0.758. The van der Waals surface area contributed by atoms with E-state index in [0.717, 1.165) is 37.3 Å². The molecule has 5 nitrogen and oxygen atoms in total. The zero-order valence-corrected chi connectivity index (χ0v) is 8.92. The summed E-state index contributed by atoms with van der Waals surface area (Å²) in [5.74, 6) is 0. The number of urea groups is 1. The van der Waals surface area contributed by atoms with Crippen LogP contribution in [0.4, 0.5) is 4.79 Å². The molecule has 0 radical (unpaired) electrons. The number of aromatic nitrogens is 2. The van der Waals surface area contributed by atoms with Gasteiger partial charge in [0.25, 0.3) is 0 Å². The lowest BCUT2D eigenvalue weighted by Crippen LogP contribution is -2.43. The highest BCUT2D eigenvalue weighted by molar-refractivity contribution is 5.74. The highest BCUT2D eigenvalue weighted by Crippen LogP contribution is 2.14. The standard InChI is InChI=1S/C10H16N4O/c1-2-4-11-10(15)14-5-3-8-9(6-14)13-7-12-8/h7H,2-6H2,1H3,(H,11,15)(H,12,13). The minimum absolute atomic E-state index is 0.0251. The van der Waals surface area contributed by atoms with Crippen molar-refractivity contribution in [3.05, 3.63) is 17.7 Å². The van der Waals surface area contributed by atoms with E-state index in [0.29, 0.717) is 6.54 Å². The van der Waals surface area contributed by atoms with Gasteiger partial charge in [-0.3, -0.25) is 0 Å². The number of carbonyl (C=O) groups excluding carboxylic acids is 1. The molecule has 0 spiro atoms. The number of hydrogen-bond donors (Lipinski definition) is 2. The van der Waals surface area contributed by atoms with Crippen molar-refractivity contribution in [2.45, 2.75) is 26.3 Å². The van der Waals surface area contributed by atoms with Gasteiger partial charge in [0.2, 0.25) is 0 Å². The zero-order valence-electron chi connectivity index (χ0n) is 8.92. The third kappa shape index (κ3) is 2.11. The zero-order chi connectivity index (χ0) is 10.7. The van der Waals surface area contributed by atoms with Crippen LogP contribution in [0.25, 0.3) is 0 Å². The van der Waals surface area contributed by atoms with Crippen molar-refractivity contribution in [1.82, 2.24) is 20.2 Å². The maximum Gasteiger partial charge on any atom is 0.317 e. The fraction of sp³-hybridized carbons (Fsp3) is 0.600. The summed E-state index contributed by atoms with van der Waals surface area (Å²) in [4.78, 5) is 20.7. The van der Waals surface area contributed by atoms with E-state index in [-0.39, 0.29) is 6.03 Å². The molecule has 2 rings (SSSR count). The smallest absolute Gasteiger partial charge is 0.317 e. The van der Waals surface area contributed by atoms with Gasteiger partial charge in [-0.05, 0) is 6.42 Å². The lowest BCUT2D eigenvalue weighted by Gasteiger charge is -2.26. The molecule has 15 heavy (non-hydrogen) atoms. The molecule has 0 aromatic carbocycles. The summed E-state index contributed by atoms with van der Waals surface area (Å²) in [5.41, 5.74) is 2.16. The van der Waals surface area contributed by atoms with Crippen LogP contribution in [0.1, 0.15) is 24.7 Å². The lowest BCUT2D eigenvalue weighted by molar-refractivity contribution is 0.191. The lowest BCUT2D eigenvalue weighted by atomic mass is 10.1. The first kappa shape index (κ1) is 10.0. The highest BCUT2D eigenvalue weighted by Gasteiger charge is 2.21. The molecule has 5 heteroatoms. The van der Waals surface area contributed by atoms with Crippen molar-refractivity contribution in [3.63, 3.8) is 0 Å². The van der Waals surface area contributed by atoms with E-state index < -0.39 is 0 Å². The summed E-state index contributed by atoms with van der Waals surface area (Å²) in [6, 6.07) is 0.0251. The third-order valence-corrected chi connectivity index (χ3v) is 2.59. The van der Waals surface area contributed by atoms with Crippen molar-refractivity contribution in [3.8, 4) is 0 Å². The normalized spacial score (nSPS) is 14.9. The summed E-state index contributed by atoms with van der Waals surface area (Å²) in [7, 11) is 0. The first-order valence-electron chi connectivity index (χ1n) is 5.35. The number of rotatable bonds is 2. The van der Waals surface area contributed by atoms with Crippen LogP contribution in [-0.2, 0) is 13.0 Å². The first-order valence-corrected chi connectivity index (χ1v) is 5.35. The molecule has 0 saturated heterocycles. The van der Waals surface area contributed by atoms with Crippen LogP contribution in [0.3, 0.4) is 0 Å². The van der Waals surface area contributed by atoms with Gasteiger partial charge in [-0.1, -0.05) is 6.92 Å². The van der Waals surface area contributed by atoms with Crippen LogP contribution in [0.5, 0.6) is 0 Å². The maximum atomic E-state index is 11.7. The Hall–Kier alpha value is -1.52. The van der Waals surface area contributed by atoms with Gasteiger partial charge in [-0.2, -0.15) is 0 Å². The average Bonchev–Trinajstić information content (AvgIpc) is 2.72. The summed E-state index contributed by atoms with van der Waals surface area (Å²) < 4.78 is 0. The fourth-order valence-electron chi connectivity index (χ4n) is 1.73. The van der Waals surface area contributed by atoms with Crippen molar-refractivity contribution < 1.29 is 4.79 Å². The Bertz CT molecular complexity index is 347. The SMILES string of the molecule is CCCNC(=O)N1CCc2nc[nH]c2C1. The minimum Gasteiger partial charge on any atom is -0.347 e. The topological polar surface area (TPSA) is 61.0 Å². The minimum atomic E-state index is 0.0251. The van der Waals surface area contributed by atoms with E-state index in [9.17, 15) is 4.79 Å². The molecule has 0 atom stereocenters. The number of nitrogens with zero attached hydrogens (tertiary/aromatic N) is 2. The predicted octanol–water partition coefficient (Wildman–Crippen LogP) is 0.887. The van der Waals surface area contributed by atoms with E-state index in [1.54, 1.807) is 6.33 Å². The molecule has 2 amide bonds. The molecule has 2 heterocycles. The van der Waals surface area contributed by atoms with E-state index in [1.165, 1.54) is 0 Å². The number of amides is 2. The molecule has 82 valence electrons. The van der Waals surface area contributed by atoms with Gasteiger partial charge in [0.15, 0.2) is 0 Å². The second-order valence-electron chi connectivity index (χ2n) is 3.73. The van der Waals surface area contributed by atoms with Crippen molar-refractivity contribution in [2.24, 2.45) is 0 Å². The van der Waals surface area contributed by atoms with Crippen LogP contribution >= 0.6 is 0 Å². The maximum absolute atomic E-state index is 11.7. The second kappa shape index (κ2) is 4.33. The Kier molecular flexibility index (Phi) is 2.89. The van der Waals surface area contributed by atoms with E-state index >= 15 is 0 Å². The van der Waals surface area contributed by atoms with Gasteiger partial charge in [0.1, 0.15) is 0 Å². The van der Waals surface area contributed by atoms with Crippen LogP contribution in [0.2, 0.25) is 0 Å². The third-order valence-electron chi connectivity index (χ3n) is 2.59. The molecule has 1 aliphatic rings. The summed E-state index contributed by atoms with van der Waals surface area (Å²) in [5, 5.41) is 2.88. The average molecular weight is 208 g/mol. The molecule has 0 fully saturated rings. The van der Waals surface area contributed by atoms with Gasteiger partial charge < -0.3 is 15.2 Å². The number of aromatic amines is 1. The number of imidazole rings is 1. The van der Waals surface area contributed by atoms with Gasteiger partial charge in [0, 0.05) is 19.5 Å². The molecule has 2 N–H and O–H groups in total. The van der Waals surface area contributed by atoms with E-state index in [4.69, 9.17) is 0 Å². The molecule has 0 unspecified atom stereocenters. The Morgan fingerprint density at radius 1 is 1.73 bits per heavy atom. The van der Waals surface area contributed by atoms with Gasteiger partial charge >= 0.3 is 6.03 Å². The Morgan fingerprint density at radius 3 is 3.40 bits per heavy atom. The van der Waals surface area contributed by atoms with Crippen molar-refractivity contribution in [2.75, 3.05) is 13.1 Å². The van der Waals surface area contributed by atoms with Crippen LogP contribution in [0.15, 0.2) is 6.33 Å². The van der Waals surface area contributed by atoms with E-state index in [1.807, 2.05) is 11.8 Å². The fourth-order valence-corrected chi connectivity index (χ4v) is 1.73. The van der Waals surface area contributed by atoms with Gasteiger partial charge in [-0.25, -0.2) is 9.78 Å². The molecule has 0 aliphatic carbocycles. The van der Waals surface area contributed by atoms with Crippen molar-refractivity contribution in [1.29, 1.82) is 0 Å².